The number of hydrogen-bond donors (Lipinski definition) is 2. The van der Waals surface area contributed by atoms with Gasteiger partial charge in [-0.15, -0.1) is 24.0 Å². The molecule has 0 aliphatic carbocycles. The van der Waals surface area contributed by atoms with Gasteiger partial charge in [-0.05, 0) is 35.8 Å². The Kier molecular flexibility index (Phi) is 9.20. The van der Waals surface area contributed by atoms with E-state index in [9.17, 15) is 4.79 Å². The van der Waals surface area contributed by atoms with Crippen molar-refractivity contribution in [2.45, 2.75) is 31.2 Å². The molecule has 1 unspecified atom stereocenters. The fraction of sp³-hybridized carbons (Fsp3) is 0.400. The van der Waals surface area contributed by atoms with Gasteiger partial charge in [0, 0.05) is 37.7 Å². The van der Waals surface area contributed by atoms with Crippen LogP contribution >= 0.6 is 35.7 Å². The molecule has 2 N–H and O–H groups in total. The van der Waals surface area contributed by atoms with E-state index in [0.29, 0.717) is 11.8 Å². The second-order valence-electron chi connectivity index (χ2n) is 6.42. The highest BCUT2D eigenvalue weighted by Crippen LogP contribution is 2.25. The summed E-state index contributed by atoms with van der Waals surface area (Å²) < 4.78 is 1.71. The van der Waals surface area contributed by atoms with Gasteiger partial charge < -0.3 is 15.2 Å². The molecule has 146 valence electrons. The Balaban J connectivity index is 0.00000261. The SMILES string of the molecule is CN=C(NCc1ccc(Cn2ccccc2=O)cc1)NCC1CCCS1.I. The summed E-state index contributed by atoms with van der Waals surface area (Å²) in [5.41, 5.74) is 2.32. The van der Waals surface area contributed by atoms with E-state index in [1.165, 1.54) is 24.2 Å². The first-order valence-corrected chi connectivity index (χ1v) is 10.1. The van der Waals surface area contributed by atoms with Gasteiger partial charge in [-0.25, -0.2) is 0 Å². The minimum absolute atomic E-state index is 0. The molecule has 0 radical (unpaired) electrons. The highest BCUT2D eigenvalue weighted by molar-refractivity contribution is 14.0. The second kappa shape index (κ2) is 11.4. The Morgan fingerprint density at radius 1 is 1.19 bits per heavy atom. The largest absolute Gasteiger partial charge is 0.355 e. The summed E-state index contributed by atoms with van der Waals surface area (Å²) in [6, 6.07) is 13.6. The number of rotatable bonds is 6. The zero-order valence-electron chi connectivity index (χ0n) is 15.6. The fourth-order valence-electron chi connectivity index (χ4n) is 2.97. The van der Waals surface area contributed by atoms with Gasteiger partial charge in [0.1, 0.15) is 0 Å². The van der Waals surface area contributed by atoms with Crippen molar-refractivity contribution in [1.29, 1.82) is 0 Å². The zero-order valence-corrected chi connectivity index (χ0v) is 18.7. The molecule has 1 aliphatic heterocycles. The Bertz CT molecular complexity index is 785. The van der Waals surface area contributed by atoms with E-state index in [-0.39, 0.29) is 29.5 Å². The van der Waals surface area contributed by atoms with Gasteiger partial charge in [0.25, 0.3) is 5.56 Å². The minimum atomic E-state index is 0. The molecule has 1 aromatic heterocycles. The number of pyridine rings is 1. The molecule has 2 aromatic rings. The maximum absolute atomic E-state index is 11.8. The van der Waals surface area contributed by atoms with Crippen molar-refractivity contribution >= 4 is 41.7 Å². The first kappa shape index (κ1) is 21.8. The Hall–Kier alpha value is -1.48. The van der Waals surface area contributed by atoms with Crippen LogP contribution in [-0.4, -0.2) is 35.1 Å². The van der Waals surface area contributed by atoms with Crippen molar-refractivity contribution in [2.24, 2.45) is 4.99 Å². The molecule has 1 fully saturated rings. The summed E-state index contributed by atoms with van der Waals surface area (Å²) in [5, 5.41) is 7.48. The van der Waals surface area contributed by atoms with Gasteiger partial charge in [-0.2, -0.15) is 11.8 Å². The summed E-state index contributed by atoms with van der Waals surface area (Å²) in [6.07, 6.45) is 4.43. The van der Waals surface area contributed by atoms with Crippen molar-refractivity contribution in [3.05, 3.63) is 70.1 Å². The number of halogens is 1. The molecule has 0 saturated carbocycles. The molecule has 0 bridgehead atoms. The molecule has 5 nitrogen and oxygen atoms in total. The summed E-state index contributed by atoms with van der Waals surface area (Å²) >= 11 is 2.04. The van der Waals surface area contributed by atoms with Crippen molar-refractivity contribution in [3.8, 4) is 0 Å². The van der Waals surface area contributed by atoms with E-state index in [1.54, 1.807) is 23.7 Å². The lowest BCUT2D eigenvalue weighted by Crippen LogP contribution is -2.39. The lowest BCUT2D eigenvalue weighted by atomic mass is 10.1. The molecule has 1 aromatic carbocycles. The number of hydrogen-bond acceptors (Lipinski definition) is 3. The lowest BCUT2D eigenvalue weighted by Gasteiger charge is -2.15. The van der Waals surface area contributed by atoms with Gasteiger partial charge in [-0.1, -0.05) is 30.3 Å². The zero-order chi connectivity index (χ0) is 18.2. The van der Waals surface area contributed by atoms with Crippen LogP contribution in [0.15, 0.2) is 58.4 Å². The third kappa shape index (κ3) is 6.88. The van der Waals surface area contributed by atoms with E-state index in [1.807, 2.05) is 24.0 Å². The number of nitrogens with one attached hydrogen (secondary N) is 2. The third-order valence-electron chi connectivity index (χ3n) is 4.48. The van der Waals surface area contributed by atoms with Crippen LogP contribution in [-0.2, 0) is 13.1 Å². The number of guanidine groups is 1. The predicted octanol–water partition coefficient (Wildman–Crippen LogP) is 3.08. The van der Waals surface area contributed by atoms with E-state index in [4.69, 9.17) is 0 Å². The van der Waals surface area contributed by atoms with Gasteiger partial charge in [-0.3, -0.25) is 9.79 Å². The van der Waals surface area contributed by atoms with Crippen LogP contribution in [0.2, 0.25) is 0 Å². The lowest BCUT2D eigenvalue weighted by molar-refractivity contribution is 0.725. The third-order valence-corrected chi connectivity index (χ3v) is 5.88. The van der Waals surface area contributed by atoms with Gasteiger partial charge in [0.2, 0.25) is 0 Å². The first-order valence-electron chi connectivity index (χ1n) is 9.04. The molecule has 3 rings (SSSR count). The fourth-order valence-corrected chi connectivity index (χ4v) is 4.17. The normalized spacial score (nSPS) is 16.6. The van der Waals surface area contributed by atoms with Gasteiger partial charge >= 0.3 is 0 Å². The molecular formula is C20H27IN4OS. The van der Waals surface area contributed by atoms with Crippen molar-refractivity contribution < 1.29 is 0 Å². The number of thioether (sulfide) groups is 1. The molecule has 1 aliphatic rings. The van der Waals surface area contributed by atoms with Crippen LogP contribution in [0.4, 0.5) is 0 Å². The molecular weight excluding hydrogens is 471 g/mol. The first-order chi connectivity index (χ1) is 12.7. The Labute approximate surface area is 182 Å². The number of aromatic nitrogens is 1. The van der Waals surface area contributed by atoms with Gasteiger partial charge in [0.05, 0.1) is 6.54 Å². The van der Waals surface area contributed by atoms with Crippen LogP contribution in [0.25, 0.3) is 0 Å². The summed E-state index contributed by atoms with van der Waals surface area (Å²) in [6.45, 7) is 2.29. The monoisotopic (exact) mass is 498 g/mol. The average molecular weight is 498 g/mol. The second-order valence-corrected chi connectivity index (χ2v) is 7.83. The molecule has 2 heterocycles. The van der Waals surface area contributed by atoms with Crippen LogP contribution in [0.3, 0.4) is 0 Å². The number of aliphatic imine (C=N–C) groups is 1. The molecule has 7 heteroatoms. The summed E-state index contributed by atoms with van der Waals surface area (Å²) in [4.78, 5) is 16.1. The van der Waals surface area contributed by atoms with Crippen molar-refractivity contribution in [3.63, 3.8) is 0 Å². The topological polar surface area (TPSA) is 58.4 Å². The number of nitrogens with zero attached hydrogens (tertiary/aromatic N) is 2. The standard InChI is InChI=1S/C20H26N4OS.HI/c1-21-20(23-14-18-5-4-12-26-18)22-13-16-7-9-17(10-8-16)15-24-11-3-2-6-19(24)25;/h2-3,6-11,18H,4-5,12-15H2,1H3,(H2,21,22,23);1H. The van der Waals surface area contributed by atoms with E-state index < -0.39 is 0 Å². The van der Waals surface area contributed by atoms with Crippen LogP contribution in [0.5, 0.6) is 0 Å². The molecule has 0 amide bonds. The summed E-state index contributed by atoms with van der Waals surface area (Å²) in [5.74, 6) is 2.12. The van der Waals surface area contributed by atoms with E-state index in [2.05, 4.69) is 39.9 Å². The predicted molar refractivity (Wildman–Crippen MR) is 125 cm³/mol. The van der Waals surface area contributed by atoms with Crippen LogP contribution < -0.4 is 16.2 Å². The quantitative estimate of drug-likeness (QED) is 0.365. The number of benzene rings is 1. The smallest absolute Gasteiger partial charge is 0.250 e. The molecule has 1 atom stereocenters. The summed E-state index contributed by atoms with van der Waals surface area (Å²) in [7, 11) is 1.80. The highest BCUT2D eigenvalue weighted by Gasteiger charge is 2.15. The molecule has 1 saturated heterocycles. The highest BCUT2D eigenvalue weighted by atomic mass is 127. The van der Waals surface area contributed by atoms with Crippen molar-refractivity contribution in [1.82, 2.24) is 15.2 Å². The Morgan fingerprint density at radius 3 is 2.63 bits per heavy atom. The van der Waals surface area contributed by atoms with Crippen molar-refractivity contribution in [2.75, 3.05) is 19.3 Å². The van der Waals surface area contributed by atoms with E-state index >= 15 is 0 Å². The average Bonchev–Trinajstić information content (AvgIpc) is 3.18. The minimum Gasteiger partial charge on any atom is -0.355 e. The maximum atomic E-state index is 11.8. The maximum Gasteiger partial charge on any atom is 0.250 e. The van der Waals surface area contributed by atoms with Crippen LogP contribution in [0, 0.1) is 0 Å². The van der Waals surface area contributed by atoms with E-state index in [0.717, 1.165) is 24.6 Å². The molecule has 27 heavy (non-hydrogen) atoms. The van der Waals surface area contributed by atoms with Gasteiger partial charge in [0.15, 0.2) is 5.96 Å². The van der Waals surface area contributed by atoms with Crippen LogP contribution in [0.1, 0.15) is 24.0 Å². The molecule has 0 spiro atoms. The Morgan fingerprint density at radius 2 is 1.96 bits per heavy atom.